The average Bonchev–Trinajstić information content (AvgIpc) is 3.10. The van der Waals surface area contributed by atoms with E-state index in [-0.39, 0.29) is 0 Å². The third-order valence-corrected chi connectivity index (χ3v) is 4.36. The van der Waals surface area contributed by atoms with Gasteiger partial charge in [-0.25, -0.2) is 4.79 Å². The quantitative estimate of drug-likeness (QED) is 0.501. The van der Waals surface area contributed by atoms with Crippen LogP contribution in [0.3, 0.4) is 0 Å². The van der Waals surface area contributed by atoms with Crippen LogP contribution in [0.1, 0.15) is 18.6 Å². The van der Waals surface area contributed by atoms with E-state index in [1.54, 1.807) is 24.5 Å². The molecule has 3 rings (SSSR count). The van der Waals surface area contributed by atoms with Crippen molar-refractivity contribution in [3.63, 3.8) is 0 Å². The fourth-order valence-corrected chi connectivity index (χ4v) is 2.86. The van der Waals surface area contributed by atoms with Gasteiger partial charge in [-0.15, -0.1) is 0 Å². The third kappa shape index (κ3) is 4.64. The Morgan fingerprint density at radius 3 is 2.89 bits per heavy atom. The van der Waals surface area contributed by atoms with Crippen LogP contribution in [-0.4, -0.2) is 44.9 Å². The largest absolute Gasteiger partial charge is 0.479 e. The van der Waals surface area contributed by atoms with E-state index < -0.39 is 18.2 Å². The highest BCUT2D eigenvalue weighted by Gasteiger charge is 2.15. The van der Waals surface area contributed by atoms with Crippen LogP contribution in [0.4, 0.5) is 0 Å². The summed E-state index contributed by atoms with van der Waals surface area (Å²) in [6, 6.07) is 11.2. The zero-order valence-electron chi connectivity index (χ0n) is 15.1. The maximum atomic E-state index is 11.0. The summed E-state index contributed by atoms with van der Waals surface area (Å²) < 4.78 is 7.61. The molecule has 0 fully saturated rings. The van der Waals surface area contributed by atoms with Crippen LogP contribution in [0.2, 0.25) is 0 Å². The summed E-state index contributed by atoms with van der Waals surface area (Å²) >= 11 is 0. The maximum Gasteiger partial charge on any atom is 0.344 e. The number of nitrogens with one attached hydrogen (secondary N) is 1. The Morgan fingerprint density at radius 1 is 1.30 bits per heavy atom. The van der Waals surface area contributed by atoms with Gasteiger partial charge in [0.15, 0.2) is 6.10 Å². The van der Waals surface area contributed by atoms with Crippen LogP contribution in [0.5, 0.6) is 5.75 Å². The molecule has 0 aliphatic rings. The molecule has 2 aromatic heterocycles. The van der Waals surface area contributed by atoms with Crippen molar-refractivity contribution in [2.45, 2.75) is 25.7 Å². The van der Waals surface area contributed by atoms with Crippen molar-refractivity contribution < 1.29 is 19.7 Å². The van der Waals surface area contributed by atoms with Crippen LogP contribution >= 0.6 is 0 Å². The Bertz CT molecular complexity index is 895. The molecule has 27 heavy (non-hydrogen) atoms. The Labute approximate surface area is 157 Å². The first-order valence-electron chi connectivity index (χ1n) is 8.82. The summed E-state index contributed by atoms with van der Waals surface area (Å²) in [7, 11) is 0. The van der Waals surface area contributed by atoms with E-state index in [0.717, 1.165) is 16.5 Å². The van der Waals surface area contributed by atoms with E-state index in [4.69, 9.17) is 9.84 Å². The zero-order valence-corrected chi connectivity index (χ0v) is 15.1. The number of aliphatic hydroxyl groups is 1. The van der Waals surface area contributed by atoms with Crippen molar-refractivity contribution in [3.8, 4) is 5.75 Å². The van der Waals surface area contributed by atoms with Crippen molar-refractivity contribution in [1.29, 1.82) is 0 Å². The van der Waals surface area contributed by atoms with Crippen molar-refractivity contribution in [1.82, 2.24) is 14.9 Å². The molecule has 0 spiro atoms. The van der Waals surface area contributed by atoms with Gasteiger partial charge in [0, 0.05) is 49.2 Å². The molecule has 7 heteroatoms. The highest BCUT2D eigenvalue weighted by molar-refractivity contribution is 5.87. The van der Waals surface area contributed by atoms with E-state index in [9.17, 15) is 9.90 Å². The number of ether oxygens (including phenoxy) is 1. The van der Waals surface area contributed by atoms with Gasteiger partial charge in [0.2, 0.25) is 0 Å². The number of fused-ring (bicyclic) bond motifs is 1. The summed E-state index contributed by atoms with van der Waals surface area (Å²) in [5, 5.41) is 23.3. The molecule has 2 atom stereocenters. The van der Waals surface area contributed by atoms with Gasteiger partial charge in [-0.1, -0.05) is 12.1 Å². The highest BCUT2D eigenvalue weighted by Crippen LogP contribution is 2.27. The minimum absolute atomic E-state index is 0.440. The Hall–Kier alpha value is -2.90. The molecule has 142 valence electrons. The minimum Gasteiger partial charge on any atom is -0.479 e. The fraction of sp³-hybridized carbons (Fsp3) is 0.300. The third-order valence-electron chi connectivity index (χ3n) is 4.36. The number of carboxylic acid groups (broad SMARTS) is 1. The number of aromatic nitrogens is 2. The highest BCUT2D eigenvalue weighted by atomic mass is 16.5. The van der Waals surface area contributed by atoms with Crippen molar-refractivity contribution in [2.24, 2.45) is 0 Å². The molecule has 0 aliphatic heterocycles. The molecule has 0 unspecified atom stereocenters. The number of aliphatic hydroxyl groups excluding tert-OH is 1. The normalized spacial score (nSPS) is 13.4. The lowest BCUT2D eigenvalue weighted by Gasteiger charge is -2.13. The molecule has 3 N–H and O–H groups in total. The Kier molecular flexibility index (Phi) is 6.05. The first-order chi connectivity index (χ1) is 13.1. The number of aliphatic carboxylic acids is 1. The van der Waals surface area contributed by atoms with E-state index in [1.807, 2.05) is 30.5 Å². The lowest BCUT2D eigenvalue weighted by molar-refractivity contribution is -0.144. The monoisotopic (exact) mass is 369 g/mol. The standard InChI is InChI=1S/C20H23N3O4/c1-14(20(25)26)27-19-6-2-5-17-16(19)7-10-23(17)11-9-22-13-18(24)15-4-3-8-21-12-15/h2-8,10,12,14,18,22,24H,9,11,13H2,1H3,(H,25,26)/t14-,18-/m0/s1. The van der Waals surface area contributed by atoms with E-state index in [0.29, 0.717) is 25.4 Å². The molecule has 2 heterocycles. The number of carboxylic acids is 1. The molecule has 3 aromatic rings. The molecule has 7 nitrogen and oxygen atoms in total. The summed E-state index contributed by atoms with van der Waals surface area (Å²) in [5.41, 5.74) is 1.76. The molecule has 0 radical (unpaired) electrons. The van der Waals surface area contributed by atoms with Crippen LogP contribution in [0, 0.1) is 0 Å². The van der Waals surface area contributed by atoms with Gasteiger partial charge in [0.05, 0.1) is 11.6 Å². The second-order valence-corrected chi connectivity index (χ2v) is 6.30. The first-order valence-corrected chi connectivity index (χ1v) is 8.82. The lowest BCUT2D eigenvalue weighted by atomic mass is 10.1. The number of benzene rings is 1. The summed E-state index contributed by atoms with van der Waals surface area (Å²) in [5.74, 6) is -0.441. The van der Waals surface area contributed by atoms with Gasteiger partial charge in [-0.2, -0.15) is 0 Å². The topological polar surface area (TPSA) is 96.6 Å². The second kappa shape index (κ2) is 8.66. The number of hydrogen-bond donors (Lipinski definition) is 3. The number of pyridine rings is 1. The van der Waals surface area contributed by atoms with E-state index >= 15 is 0 Å². The minimum atomic E-state index is -0.997. The van der Waals surface area contributed by atoms with Gasteiger partial charge in [-0.05, 0) is 31.2 Å². The molecule has 0 bridgehead atoms. The van der Waals surface area contributed by atoms with Gasteiger partial charge in [-0.3, -0.25) is 4.98 Å². The predicted octanol–water partition coefficient (Wildman–Crippen LogP) is 2.21. The van der Waals surface area contributed by atoms with Crippen LogP contribution < -0.4 is 10.1 Å². The van der Waals surface area contributed by atoms with Crippen LogP contribution in [0.25, 0.3) is 10.9 Å². The average molecular weight is 369 g/mol. The van der Waals surface area contributed by atoms with Gasteiger partial charge < -0.3 is 24.8 Å². The van der Waals surface area contributed by atoms with Crippen molar-refractivity contribution in [2.75, 3.05) is 13.1 Å². The molecular formula is C20H23N3O4. The number of carbonyl (C=O) groups is 1. The van der Waals surface area contributed by atoms with Crippen LogP contribution in [-0.2, 0) is 11.3 Å². The lowest BCUT2D eigenvalue weighted by Crippen LogP contribution is -2.25. The number of rotatable bonds is 9. The molecular weight excluding hydrogens is 346 g/mol. The fourth-order valence-electron chi connectivity index (χ4n) is 2.86. The smallest absolute Gasteiger partial charge is 0.344 e. The Morgan fingerprint density at radius 2 is 2.15 bits per heavy atom. The molecule has 0 saturated carbocycles. The zero-order chi connectivity index (χ0) is 19.2. The molecule has 0 aliphatic carbocycles. The Balaban J connectivity index is 1.59. The summed E-state index contributed by atoms with van der Waals surface area (Å²) in [4.78, 5) is 15.0. The van der Waals surface area contributed by atoms with E-state index in [2.05, 4.69) is 14.9 Å². The second-order valence-electron chi connectivity index (χ2n) is 6.30. The number of hydrogen-bond acceptors (Lipinski definition) is 5. The molecule has 0 saturated heterocycles. The molecule has 1 aromatic carbocycles. The van der Waals surface area contributed by atoms with Gasteiger partial charge in [0.1, 0.15) is 5.75 Å². The summed E-state index contributed by atoms with van der Waals surface area (Å²) in [6.45, 7) is 3.34. The van der Waals surface area contributed by atoms with Gasteiger partial charge >= 0.3 is 5.97 Å². The van der Waals surface area contributed by atoms with E-state index in [1.165, 1.54) is 6.92 Å². The van der Waals surface area contributed by atoms with Crippen molar-refractivity contribution in [3.05, 3.63) is 60.6 Å². The van der Waals surface area contributed by atoms with Crippen molar-refractivity contribution >= 4 is 16.9 Å². The predicted molar refractivity (Wildman–Crippen MR) is 102 cm³/mol. The summed E-state index contributed by atoms with van der Waals surface area (Å²) in [6.07, 6.45) is 3.77. The van der Waals surface area contributed by atoms with Crippen LogP contribution in [0.15, 0.2) is 55.0 Å². The maximum absolute atomic E-state index is 11.0. The number of nitrogens with zero attached hydrogens (tertiary/aromatic N) is 2. The molecule has 0 amide bonds. The van der Waals surface area contributed by atoms with Gasteiger partial charge in [0.25, 0.3) is 0 Å². The first kappa shape index (κ1) is 18.9. The SMILES string of the molecule is C[C@H](Oc1cccc2c1ccn2CCNC[C@H](O)c1cccnc1)C(=O)O.